The molecule has 0 spiro atoms. The molecule has 0 aliphatic rings. The highest BCUT2D eigenvalue weighted by molar-refractivity contribution is 7.89. The van der Waals surface area contributed by atoms with Crippen LogP contribution < -0.4 is 5.43 Å². The standard InChI is InChI=1S/C23H21ClN4O5S/c1-17-5-11-22(12-6-17)34(32,33)27(15-19-3-2-4-20(24)13-19)16-23(29)26-25-14-18-7-9-21(10-8-18)28(30)31/h2-14H,15-16H2,1H3,(H,26,29)/b25-14-. The number of aryl methyl sites for hydroxylation is 1. The molecule has 0 atom stereocenters. The van der Waals surface area contributed by atoms with Gasteiger partial charge >= 0.3 is 0 Å². The number of carbonyl (C=O) groups excluding carboxylic acids is 1. The Hall–Kier alpha value is -3.60. The molecule has 0 unspecified atom stereocenters. The maximum atomic E-state index is 13.3. The molecule has 0 aliphatic carbocycles. The van der Waals surface area contributed by atoms with Crippen molar-refractivity contribution in [2.75, 3.05) is 6.54 Å². The van der Waals surface area contributed by atoms with Crippen molar-refractivity contribution in [2.24, 2.45) is 5.10 Å². The third kappa shape index (κ3) is 6.70. The monoisotopic (exact) mass is 500 g/mol. The lowest BCUT2D eigenvalue weighted by molar-refractivity contribution is -0.384. The first-order valence-electron chi connectivity index (χ1n) is 10.0. The quantitative estimate of drug-likeness (QED) is 0.271. The summed E-state index contributed by atoms with van der Waals surface area (Å²) in [5, 5.41) is 15.0. The Balaban J connectivity index is 1.76. The lowest BCUT2D eigenvalue weighted by Crippen LogP contribution is -2.39. The van der Waals surface area contributed by atoms with Crippen LogP contribution in [0.25, 0.3) is 0 Å². The molecule has 9 nitrogen and oxygen atoms in total. The molecule has 0 bridgehead atoms. The summed E-state index contributed by atoms with van der Waals surface area (Å²) in [7, 11) is -4.00. The Labute approximate surface area is 201 Å². The van der Waals surface area contributed by atoms with Gasteiger partial charge in [-0.25, -0.2) is 13.8 Å². The number of benzene rings is 3. The van der Waals surface area contributed by atoms with Crippen LogP contribution in [0, 0.1) is 17.0 Å². The van der Waals surface area contributed by atoms with Gasteiger partial charge < -0.3 is 0 Å². The van der Waals surface area contributed by atoms with Gasteiger partial charge in [0.25, 0.3) is 11.6 Å². The van der Waals surface area contributed by atoms with E-state index < -0.39 is 27.4 Å². The summed E-state index contributed by atoms with van der Waals surface area (Å²) in [6, 6.07) is 18.6. The van der Waals surface area contributed by atoms with Crippen molar-refractivity contribution >= 4 is 39.4 Å². The molecule has 1 N–H and O–H groups in total. The lowest BCUT2D eigenvalue weighted by Gasteiger charge is -2.21. The fourth-order valence-electron chi connectivity index (χ4n) is 2.98. The number of nitrogens with zero attached hydrogens (tertiary/aromatic N) is 3. The number of carbonyl (C=O) groups is 1. The molecule has 0 heterocycles. The zero-order valence-corrected chi connectivity index (χ0v) is 19.7. The molecule has 1 amide bonds. The fourth-order valence-corrected chi connectivity index (χ4v) is 4.58. The Morgan fingerprint density at radius 3 is 2.41 bits per heavy atom. The zero-order chi connectivity index (χ0) is 24.7. The van der Waals surface area contributed by atoms with Gasteiger partial charge in [-0.1, -0.05) is 41.4 Å². The summed E-state index contributed by atoms with van der Waals surface area (Å²) in [5.41, 5.74) is 4.26. The van der Waals surface area contributed by atoms with Gasteiger partial charge in [0.15, 0.2) is 0 Å². The third-order valence-corrected chi connectivity index (χ3v) is 6.77. The summed E-state index contributed by atoms with van der Waals surface area (Å²) >= 11 is 6.03. The van der Waals surface area contributed by atoms with Crippen LogP contribution in [0.4, 0.5) is 5.69 Å². The van der Waals surface area contributed by atoms with Crippen molar-refractivity contribution in [3.8, 4) is 0 Å². The number of nitrogens with one attached hydrogen (secondary N) is 1. The number of sulfonamides is 1. The maximum Gasteiger partial charge on any atom is 0.269 e. The largest absolute Gasteiger partial charge is 0.272 e. The third-order valence-electron chi connectivity index (χ3n) is 4.73. The van der Waals surface area contributed by atoms with Gasteiger partial charge in [0.1, 0.15) is 0 Å². The van der Waals surface area contributed by atoms with Crippen molar-refractivity contribution in [3.63, 3.8) is 0 Å². The average Bonchev–Trinajstić information content (AvgIpc) is 2.79. The molecule has 3 aromatic carbocycles. The van der Waals surface area contributed by atoms with E-state index in [9.17, 15) is 23.3 Å². The van der Waals surface area contributed by atoms with E-state index in [-0.39, 0.29) is 17.1 Å². The van der Waals surface area contributed by atoms with Crippen molar-refractivity contribution in [2.45, 2.75) is 18.4 Å². The SMILES string of the molecule is Cc1ccc(S(=O)(=O)N(CC(=O)N/N=C\c2ccc([N+](=O)[O-])cc2)Cc2cccc(Cl)c2)cc1. The summed E-state index contributed by atoms with van der Waals surface area (Å²) in [6.07, 6.45) is 1.30. The van der Waals surface area contributed by atoms with Gasteiger partial charge in [-0.3, -0.25) is 14.9 Å². The highest BCUT2D eigenvalue weighted by Gasteiger charge is 2.27. The van der Waals surface area contributed by atoms with Gasteiger partial charge in [-0.05, 0) is 54.4 Å². The number of amides is 1. The zero-order valence-electron chi connectivity index (χ0n) is 18.1. The molecule has 0 saturated carbocycles. The molecule has 3 rings (SSSR count). The van der Waals surface area contributed by atoms with Crippen LogP contribution in [0.5, 0.6) is 0 Å². The molecule has 0 saturated heterocycles. The predicted molar refractivity (Wildman–Crippen MR) is 129 cm³/mol. The number of nitro groups is 1. The Bertz CT molecular complexity index is 1310. The number of hydrazone groups is 1. The van der Waals surface area contributed by atoms with Crippen LogP contribution in [0.2, 0.25) is 5.02 Å². The molecule has 3 aromatic rings. The van der Waals surface area contributed by atoms with Gasteiger partial charge in [0.05, 0.1) is 22.6 Å². The first-order chi connectivity index (χ1) is 16.1. The Morgan fingerprint density at radius 1 is 1.12 bits per heavy atom. The molecule has 0 aromatic heterocycles. The van der Waals surface area contributed by atoms with E-state index >= 15 is 0 Å². The van der Waals surface area contributed by atoms with E-state index in [1.54, 1.807) is 36.4 Å². The molecular formula is C23H21ClN4O5S. The van der Waals surface area contributed by atoms with Crippen LogP contribution in [0.15, 0.2) is 82.8 Å². The van der Waals surface area contributed by atoms with E-state index in [4.69, 9.17) is 11.6 Å². The number of rotatable bonds is 9. The van der Waals surface area contributed by atoms with Crippen LogP contribution in [0.3, 0.4) is 0 Å². The number of hydrogen-bond acceptors (Lipinski definition) is 6. The Morgan fingerprint density at radius 2 is 1.79 bits per heavy atom. The minimum atomic E-state index is -4.00. The molecule has 34 heavy (non-hydrogen) atoms. The first-order valence-corrected chi connectivity index (χ1v) is 11.8. The Kier molecular flexibility index (Phi) is 8.11. The molecule has 0 radical (unpaired) electrons. The fraction of sp³-hybridized carbons (Fsp3) is 0.130. The van der Waals surface area contributed by atoms with E-state index in [1.807, 2.05) is 6.92 Å². The normalized spacial score (nSPS) is 11.6. The minimum Gasteiger partial charge on any atom is -0.272 e. The molecule has 0 fully saturated rings. The highest BCUT2D eigenvalue weighted by Crippen LogP contribution is 2.20. The second-order valence-electron chi connectivity index (χ2n) is 7.36. The molecular weight excluding hydrogens is 480 g/mol. The minimum absolute atomic E-state index is 0.0577. The van der Waals surface area contributed by atoms with Crippen LogP contribution >= 0.6 is 11.6 Å². The smallest absolute Gasteiger partial charge is 0.269 e. The van der Waals surface area contributed by atoms with Gasteiger partial charge in [-0.15, -0.1) is 0 Å². The van der Waals surface area contributed by atoms with Crippen LogP contribution in [0.1, 0.15) is 16.7 Å². The maximum absolute atomic E-state index is 13.3. The highest BCUT2D eigenvalue weighted by atomic mass is 35.5. The van der Waals surface area contributed by atoms with E-state index in [1.165, 1.54) is 42.6 Å². The molecule has 0 aliphatic heterocycles. The van der Waals surface area contributed by atoms with Crippen molar-refractivity contribution in [1.29, 1.82) is 0 Å². The van der Waals surface area contributed by atoms with Gasteiger partial charge in [0.2, 0.25) is 10.0 Å². The van der Waals surface area contributed by atoms with E-state index in [0.29, 0.717) is 16.1 Å². The van der Waals surface area contributed by atoms with Crippen LogP contribution in [-0.2, 0) is 21.4 Å². The first kappa shape index (κ1) is 25.0. The van der Waals surface area contributed by atoms with Crippen LogP contribution in [-0.4, -0.2) is 36.3 Å². The van der Waals surface area contributed by atoms with E-state index in [2.05, 4.69) is 10.5 Å². The summed E-state index contributed by atoms with van der Waals surface area (Å²) in [5.74, 6) is -0.657. The summed E-state index contributed by atoms with van der Waals surface area (Å²) < 4.78 is 27.6. The summed E-state index contributed by atoms with van der Waals surface area (Å²) in [4.78, 5) is 22.8. The average molecular weight is 501 g/mol. The topological polar surface area (TPSA) is 122 Å². The second-order valence-corrected chi connectivity index (χ2v) is 9.73. The molecule has 176 valence electrons. The number of hydrogen-bond donors (Lipinski definition) is 1. The second kappa shape index (κ2) is 11.0. The van der Waals surface area contributed by atoms with E-state index in [0.717, 1.165) is 9.87 Å². The summed E-state index contributed by atoms with van der Waals surface area (Å²) in [6.45, 7) is 1.28. The predicted octanol–water partition coefficient (Wildman–Crippen LogP) is 3.90. The van der Waals surface area contributed by atoms with Crippen molar-refractivity contribution in [3.05, 3.63) is 105 Å². The van der Waals surface area contributed by atoms with Gasteiger partial charge in [-0.2, -0.15) is 9.41 Å². The molecule has 11 heteroatoms. The number of non-ortho nitro benzene ring substituents is 1. The number of nitro benzene ring substituents is 1. The number of halogens is 1. The lowest BCUT2D eigenvalue weighted by atomic mass is 10.2. The van der Waals surface area contributed by atoms with Gasteiger partial charge in [0, 0.05) is 23.7 Å². The van der Waals surface area contributed by atoms with Crippen molar-refractivity contribution in [1.82, 2.24) is 9.73 Å². The van der Waals surface area contributed by atoms with Crippen molar-refractivity contribution < 1.29 is 18.1 Å².